The summed E-state index contributed by atoms with van der Waals surface area (Å²) in [7, 11) is 1.32. The molecule has 6 nitrogen and oxygen atoms in total. The van der Waals surface area contributed by atoms with Gasteiger partial charge in [0.05, 0.1) is 7.11 Å². The summed E-state index contributed by atoms with van der Waals surface area (Å²) in [6.45, 7) is 0.470. The molecule has 0 fully saturated rings. The van der Waals surface area contributed by atoms with Crippen LogP contribution in [0.25, 0.3) is 0 Å². The van der Waals surface area contributed by atoms with E-state index in [2.05, 4.69) is 10.1 Å². The average molecular weight is 335 g/mol. The van der Waals surface area contributed by atoms with Gasteiger partial charge in [0, 0.05) is 13.0 Å². The highest BCUT2D eigenvalue weighted by Crippen LogP contribution is 2.15. The van der Waals surface area contributed by atoms with Crippen molar-refractivity contribution in [3.05, 3.63) is 53.7 Å². The molecule has 0 aliphatic heterocycles. The molecule has 0 aliphatic rings. The van der Waals surface area contributed by atoms with Crippen LogP contribution in [0.5, 0.6) is 5.75 Å². The van der Waals surface area contributed by atoms with Crippen molar-refractivity contribution in [1.82, 2.24) is 5.32 Å². The third-order valence-electron chi connectivity index (χ3n) is 3.15. The number of methoxy groups -OCH3 is 1. The average Bonchev–Trinajstić information content (AvgIpc) is 3.07. The van der Waals surface area contributed by atoms with Crippen molar-refractivity contribution >= 4 is 11.9 Å². The van der Waals surface area contributed by atoms with Gasteiger partial charge in [-0.25, -0.2) is 4.39 Å². The summed E-state index contributed by atoms with van der Waals surface area (Å²) in [4.78, 5) is 22.8. The van der Waals surface area contributed by atoms with Gasteiger partial charge in [0.15, 0.2) is 5.76 Å². The second-order valence-electron chi connectivity index (χ2n) is 4.94. The zero-order chi connectivity index (χ0) is 17.4. The lowest BCUT2D eigenvalue weighted by Gasteiger charge is -2.04. The Bertz CT molecular complexity index is 681. The zero-order valence-electron chi connectivity index (χ0n) is 13.2. The molecule has 0 unspecified atom stereocenters. The van der Waals surface area contributed by atoms with Crippen molar-refractivity contribution in [3.63, 3.8) is 0 Å². The Morgan fingerprint density at radius 2 is 1.92 bits per heavy atom. The lowest BCUT2D eigenvalue weighted by Crippen LogP contribution is -2.24. The summed E-state index contributed by atoms with van der Waals surface area (Å²) < 4.78 is 28.1. The number of furan rings is 1. The fourth-order valence-corrected chi connectivity index (χ4v) is 1.89. The van der Waals surface area contributed by atoms with E-state index >= 15 is 0 Å². The first kappa shape index (κ1) is 17.5. The SMILES string of the molecule is COC(=O)CCCNC(=O)c1ccc(COc2ccc(F)cc2)o1. The molecule has 1 aromatic heterocycles. The molecule has 1 heterocycles. The number of amides is 1. The summed E-state index contributed by atoms with van der Waals surface area (Å²) in [5, 5.41) is 2.65. The molecule has 0 saturated heterocycles. The van der Waals surface area contributed by atoms with Crippen molar-refractivity contribution in [2.45, 2.75) is 19.4 Å². The van der Waals surface area contributed by atoms with Crippen LogP contribution in [0.1, 0.15) is 29.2 Å². The van der Waals surface area contributed by atoms with Crippen molar-refractivity contribution < 1.29 is 27.9 Å². The molecular weight excluding hydrogens is 317 g/mol. The van der Waals surface area contributed by atoms with Gasteiger partial charge in [0.25, 0.3) is 5.91 Å². The van der Waals surface area contributed by atoms with Gasteiger partial charge in [0.2, 0.25) is 0 Å². The third kappa shape index (κ3) is 5.42. The van der Waals surface area contributed by atoms with Crippen molar-refractivity contribution in [3.8, 4) is 5.75 Å². The van der Waals surface area contributed by atoms with E-state index in [1.807, 2.05) is 0 Å². The van der Waals surface area contributed by atoms with Crippen LogP contribution >= 0.6 is 0 Å². The molecular formula is C17H18FNO5. The van der Waals surface area contributed by atoms with Crippen molar-refractivity contribution in [2.24, 2.45) is 0 Å². The Morgan fingerprint density at radius 3 is 2.62 bits per heavy atom. The second kappa shape index (κ2) is 8.71. The lowest BCUT2D eigenvalue weighted by molar-refractivity contribution is -0.140. The van der Waals surface area contributed by atoms with Crippen LogP contribution in [-0.2, 0) is 16.1 Å². The molecule has 1 amide bonds. The summed E-state index contributed by atoms with van der Waals surface area (Å²) >= 11 is 0. The minimum atomic E-state index is -0.368. The number of rotatable bonds is 8. The fourth-order valence-electron chi connectivity index (χ4n) is 1.89. The summed E-state index contributed by atoms with van der Waals surface area (Å²) in [6.07, 6.45) is 0.728. The van der Waals surface area contributed by atoms with Crippen LogP contribution in [0.4, 0.5) is 4.39 Å². The van der Waals surface area contributed by atoms with Crippen LogP contribution in [0.3, 0.4) is 0 Å². The Morgan fingerprint density at radius 1 is 1.17 bits per heavy atom. The Kier molecular flexibility index (Phi) is 6.36. The van der Waals surface area contributed by atoms with Gasteiger partial charge < -0.3 is 19.2 Å². The normalized spacial score (nSPS) is 10.2. The maximum absolute atomic E-state index is 12.8. The second-order valence-corrected chi connectivity index (χ2v) is 4.94. The summed E-state index contributed by atoms with van der Waals surface area (Å²) in [6, 6.07) is 8.78. The molecule has 0 saturated carbocycles. The van der Waals surface area contributed by atoms with E-state index in [9.17, 15) is 14.0 Å². The van der Waals surface area contributed by atoms with Crippen LogP contribution in [0, 0.1) is 5.82 Å². The molecule has 0 radical (unpaired) electrons. The number of ether oxygens (including phenoxy) is 2. The van der Waals surface area contributed by atoms with Gasteiger partial charge in [-0.2, -0.15) is 0 Å². The predicted molar refractivity (Wildman–Crippen MR) is 83.0 cm³/mol. The van der Waals surface area contributed by atoms with E-state index in [1.54, 1.807) is 12.1 Å². The fraction of sp³-hybridized carbons (Fsp3) is 0.294. The quantitative estimate of drug-likeness (QED) is 0.593. The molecule has 128 valence electrons. The Hall–Kier alpha value is -2.83. The first-order valence-corrected chi connectivity index (χ1v) is 7.40. The minimum absolute atomic E-state index is 0.126. The van der Waals surface area contributed by atoms with Gasteiger partial charge in [0.1, 0.15) is 23.9 Å². The van der Waals surface area contributed by atoms with Crippen molar-refractivity contribution in [1.29, 1.82) is 0 Å². The minimum Gasteiger partial charge on any atom is -0.486 e. The highest BCUT2D eigenvalue weighted by atomic mass is 19.1. The molecule has 0 aliphatic carbocycles. The zero-order valence-corrected chi connectivity index (χ0v) is 13.2. The van der Waals surface area contributed by atoms with Crippen LogP contribution in [0.2, 0.25) is 0 Å². The molecule has 0 atom stereocenters. The van der Waals surface area contributed by atoms with E-state index in [-0.39, 0.29) is 36.5 Å². The van der Waals surface area contributed by atoms with Crippen LogP contribution in [0.15, 0.2) is 40.8 Å². The van der Waals surface area contributed by atoms with E-state index in [1.165, 1.54) is 31.4 Å². The molecule has 2 aromatic rings. The number of hydrogen-bond donors (Lipinski definition) is 1. The standard InChI is InChI=1S/C17H18FNO5/c1-22-16(20)3-2-10-19-17(21)15-9-8-14(24-15)11-23-13-6-4-12(18)5-7-13/h4-9H,2-3,10-11H2,1H3,(H,19,21). The number of carbonyl (C=O) groups excluding carboxylic acids is 2. The summed E-state index contributed by atoms with van der Waals surface area (Å²) in [5.74, 6) is 0.105. The molecule has 24 heavy (non-hydrogen) atoms. The first-order chi connectivity index (χ1) is 11.6. The maximum atomic E-state index is 12.8. The molecule has 2 rings (SSSR count). The number of nitrogens with one attached hydrogen (secondary N) is 1. The van der Waals surface area contributed by atoms with Gasteiger partial charge in [-0.1, -0.05) is 0 Å². The van der Waals surface area contributed by atoms with Crippen LogP contribution < -0.4 is 10.1 Å². The predicted octanol–water partition coefficient (Wildman–Crippen LogP) is 2.68. The van der Waals surface area contributed by atoms with E-state index in [0.29, 0.717) is 24.5 Å². The molecule has 1 N–H and O–H groups in total. The van der Waals surface area contributed by atoms with Crippen molar-refractivity contribution in [2.75, 3.05) is 13.7 Å². The van der Waals surface area contributed by atoms with Gasteiger partial charge >= 0.3 is 5.97 Å². The molecule has 0 spiro atoms. The van der Waals surface area contributed by atoms with E-state index < -0.39 is 0 Å². The number of esters is 1. The topological polar surface area (TPSA) is 77.8 Å². The Balaban J connectivity index is 1.76. The first-order valence-electron chi connectivity index (χ1n) is 7.40. The molecule has 7 heteroatoms. The third-order valence-corrected chi connectivity index (χ3v) is 3.15. The monoisotopic (exact) mass is 335 g/mol. The van der Waals surface area contributed by atoms with E-state index in [4.69, 9.17) is 9.15 Å². The number of hydrogen-bond acceptors (Lipinski definition) is 5. The number of halogens is 1. The smallest absolute Gasteiger partial charge is 0.305 e. The number of benzene rings is 1. The number of carbonyl (C=O) groups is 2. The molecule has 1 aromatic carbocycles. The van der Waals surface area contributed by atoms with Crippen LogP contribution in [-0.4, -0.2) is 25.5 Å². The Labute approximate surface area is 138 Å². The van der Waals surface area contributed by atoms with Gasteiger partial charge in [-0.05, 0) is 42.8 Å². The van der Waals surface area contributed by atoms with Gasteiger partial charge in [-0.3, -0.25) is 9.59 Å². The highest BCUT2D eigenvalue weighted by Gasteiger charge is 2.11. The highest BCUT2D eigenvalue weighted by molar-refractivity contribution is 5.91. The van der Waals surface area contributed by atoms with E-state index in [0.717, 1.165) is 0 Å². The summed E-state index contributed by atoms with van der Waals surface area (Å²) in [5.41, 5.74) is 0. The largest absolute Gasteiger partial charge is 0.486 e. The molecule has 0 bridgehead atoms. The lowest BCUT2D eigenvalue weighted by atomic mass is 10.3. The van der Waals surface area contributed by atoms with Gasteiger partial charge in [-0.15, -0.1) is 0 Å². The maximum Gasteiger partial charge on any atom is 0.305 e.